The SMILES string of the molecule is CCOc1ccccc1Nc1cccc(C)c1. The fourth-order valence-electron chi connectivity index (χ4n) is 1.73. The summed E-state index contributed by atoms with van der Waals surface area (Å²) in [5, 5.41) is 3.37. The molecule has 0 saturated heterocycles. The lowest BCUT2D eigenvalue weighted by molar-refractivity contribution is 0.342. The van der Waals surface area contributed by atoms with Crippen molar-refractivity contribution < 1.29 is 4.74 Å². The van der Waals surface area contributed by atoms with Crippen molar-refractivity contribution in [2.75, 3.05) is 11.9 Å². The maximum atomic E-state index is 5.58. The highest BCUT2D eigenvalue weighted by atomic mass is 16.5. The Hall–Kier alpha value is -1.96. The van der Waals surface area contributed by atoms with E-state index in [0.29, 0.717) is 6.61 Å². The molecule has 0 spiro atoms. The van der Waals surface area contributed by atoms with Crippen LogP contribution in [0.5, 0.6) is 5.75 Å². The molecule has 0 aliphatic heterocycles. The van der Waals surface area contributed by atoms with Gasteiger partial charge in [0.15, 0.2) is 0 Å². The summed E-state index contributed by atoms with van der Waals surface area (Å²) >= 11 is 0. The quantitative estimate of drug-likeness (QED) is 0.847. The first-order valence-corrected chi connectivity index (χ1v) is 5.85. The second kappa shape index (κ2) is 5.39. The highest BCUT2D eigenvalue weighted by Gasteiger charge is 2.02. The van der Waals surface area contributed by atoms with E-state index in [9.17, 15) is 0 Å². The molecule has 1 N–H and O–H groups in total. The van der Waals surface area contributed by atoms with Gasteiger partial charge in [0.1, 0.15) is 5.75 Å². The van der Waals surface area contributed by atoms with Crippen LogP contribution in [-0.2, 0) is 0 Å². The third-order valence-electron chi connectivity index (χ3n) is 2.48. The lowest BCUT2D eigenvalue weighted by Crippen LogP contribution is -1.97. The van der Waals surface area contributed by atoms with Gasteiger partial charge in [0.2, 0.25) is 0 Å². The van der Waals surface area contributed by atoms with E-state index >= 15 is 0 Å². The number of hydrogen-bond donors (Lipinski definition) is 1. The number of anilines is 2. The summed E-state index contributed by atoms with van der Waals surface area (Å²) in [7, 11) is 0. The zero-order valence-corrected chi connectivity index (χ0v) is 10.2. The molecule has 0 aliphatic rings. The van der Waals surface area contributed by atoms with Crippen molar-refractivity contribution in [1.82, 2.24) is 0 Å². The van der Waals surface area contributed by atoms with E-state index in [4.69, 9.17) is 4.74 Å². The molecule has 2 aromatic rings. The fourth-order valence-corrected chi connectivity index (χ4v) is 1.73. The van der Waals surface area contributed by atoms with Crippen molar-refractivity contribution in [3.05, 3.63) is 54.1 Å². The maximum Gasteiger partial charge on any atom is 0.142 e. The Bertz CT molecular complexity index is 494. The van der Waals surface area contributed by atoms with E-state index in [1.165, 1.54) is 5.56 Å². The maximum absolute atomic E-state index is 5.58. The highest BCUT2D eigenvalue weighted by Crippen LogP contribution is 2.27. The molecule has 2 rings (SSSR count). The highest BCUT2D eigenvalue weighted by molar-refractivity contribution is 5.66. The third kappa shape index (κ3) is 3.00. The van der Waals surface area contributed by atoms with Crippen LogP contribution in [0.25, 0.3) is 0 Å². The molecule has 0 heterocycles. The molecule has 0 aliphatic carbocycles. The predicted molar refractivity (Wildman–Crippen MR) is 72.1 cm³/mol. The topological polar surface area (TPSA) is 21.3 Å². The third-order valence-corrected chi connectivity index (χ3v) is 2.48. The van der Waals surface area contributed by atoms with Gasteiger partial charge in [0.25, 0.3) is 0 Å². The number of benzene rings is 2. The summed E-state index contributed by atoms with van der Waals surface area (Å²) in [5.74, 6) is 0.886. The zero-order chi connectivity index (χ0) is 12.1. The van der Waals surface area contributed by atoms with Gasteiger partial charge in [-0.3, -0.25) is 0 Å². The molecule has 0 aromatic heterocycles. The van der Waals surface area contributed by atoms with Crippen molar-refractivity contribution in [1.29, 1.82) is 0 Å². The lowest BCUT2D eigenvalue weighted by atomic mass is 10.2. The van der Waals surface area contributed by atoms with Crippen LogP contribution in [0.4, 0.5) is 11.4 Å². The second-order valence-electron chi connectivity index (χ2n) is 3.92. The van der Waals surface area contributed by atoms with Gasteiger partial charge in [-0.15, -0.1) is 0 Å². The fraction of sp³-hybridized carbons (Fsp3) is 0.200. The van der Waals surface area contributed by atoms with Gasteiger partial charge in [-0.25, -0.2) is 0 Å². The Morgan fingerprint density at radius 1 is 1.06 bits per heavy atom. The molecular weight excluding hydrogens is 210 g/mol. The van der Waals surface area contributed by atoms with Crippen molar-refractivity contribution in [3.63, 3.8) is 0 Å². The molecule has 0 saturated carbocycles. The summed E-state index contributed by atoms with van der Waals surface area (Å²) in [6.07, 6.45) is 0. The minimum atomic E-state index is 0.673. The van der Waals surface area contributed by atoms with Gasteiger partial charge >= 0.3 is 0 Å². The number of rotatable bonds is 4. The Kier molecular flexibility index (Phi) is 3.66. The van der Waals surface area contributed by atoms with E-state index in [0.717, 1.165) is 17.1 Å². The average molecular weight is 227 g/mol. The molecule has 0 unspecified atom stereocenters. The van der Waals surface area contributed by atoms with Gasteiger partial charge in [0, 0.05) is 5.69 Å². The number of para-hydroxylation sites is 2. The molecule has 2 aromatic carbocycles. The molecule has 0 atom stereocenters. The van der Waals surface area contributed by atoms with Crippen molar-refractivity contribution in [3.8, 4) is 5.75 Å². The number of aryl methyl sites for hydroxylation is 1. The van der Waals surface area contributed by atoms with Crippen LogP contribution in [0, 0.1) is 6.92 Å². The monoisotopic (exact) mass is 227 g/mol. The first kappa shape index (κ1) is 11.5. The van der Waals surface area contributed by atoms with E-state index in [1.807, 2.05) is 37.3 Å². The predicted octanol–water partition coefficient (Wildman–Crippen LogP) is 4.14. The van der Waals surface area contributed by atoms with E-state index < -0.39 is 0 Å². The number of ether oxygens (including phenoxy) is 1. The summed E-state index contributed by atoms with van der Waals surface area (Å²) in [6.45, 7) is 4.75. The van der Waals surface area contributed by atoms with Crippen LogP contribution in [0.1, 0.15) is 12.5 Å². The van der Waals surface area contributed by atoms with Crippen LogP contribution in [-0.4, -0.2) is 6.61 Å². The van der Waals surface area contributed by atoms with Crippen molar-refractivity contribution >= 4 is 11.4 Å². The largest absolute Gasteiger partial charge is 0.492 e. The van der Waals surface area contributed by atoms with E-state index in [-0.39, 0.29) is 0 Å². The minimum absolute atomic E-state index is 0.673. The Balaban J connectivity index is 2.23. The molecule has 0 amide bonds. The van der Waals surface area contributed by atoms with E-state index in [1.54, 1.807) is 0 Å². The van der Waals surface area contributed by atoms with Crippen molar-refractivity contribution in [2.24, 2.45) is 0 Å². The molecule has 2 nitrogen and oxygen atoms in total. The van der Waals surface area contributed by atoms with Crippen LogP contribution < -0.4 is 10.1 Å². The van der Waals surface area contributed by atoms with Gasteiger partial charge in [-0.2, -0.15) is 0 Å². The van der Waals surface area contributed by atoms with Crippen LogP contribution >= 0.6 is 0 Å². The van der Waals surface area contributed by atoms with Crippen LogP contribution in [0.15, 0.2) is 48.5 Å². The van der Waals surface area contributed by atoms with E-state index in [2.05, 4.69) is 30.4 Å². The molecule has 0 bridgehead atoms. The van der Waals surface area contributed by atoms with Gasteiger partial charge < -0.3 is 10.1 Å². The molecule has 0 radical (unpaired) electrons. The minimum Gasteiger partial charge on any atom is -0.492 e. The molecule has 88 valence electrons. The Morgan fingerprint density at radius 2 is 1.88 bits per heavy atom. The molecule has 17 heavy (non-hydrogen) atoms. The van der Waals surface area contributed by atoms with Crippen LogP contribution in [0.3, 0.4) is 0 Å². The first-order valence-electron chi connectivity index (χ1n) is 5.85. The number of hydrogen-bond acceptors (Lipinski definition) is 2. The molecule has 2 heteroatoms. The van der Waals surface area contributed by atoms with Crippen molar-refractivity contribution in [2.45, 2.75) is 13.8 Å². The normalized spacial score (nSPS) is 10.0. The standard InChI is InChI=1S/C15H17NO/c1-3-17-15-10-5-4-9-14(15)16-13-8-6-7-12(2)11-13/h4-11,16H,3H2,1-2H3. The summed E-state index contributed by atoms with van der Waals surface area (Å²) in [4.78, 5) is 0. The summed E-state index contributed by atoms with van der Waals surface area (Å²) < 4.78 is 5.58. The zero-order valence-electron chi connectivity index (χ0n) is 10.2. The number of nitrogens with one attached hydrogen (secondary N) is 1. The van der Waals surface area contributed by atoms with Gasteiger partial charge in [-0.05, 0) is 43.7 Å². The van der Waals surface area contributed by atoms with Gasteiger partial charge in [0.05, 0.1) is 12.3 Å². The molecule has 0 fully saturated rings. The van der Waals surface area contributed by atoms with Crippen LogP contribution in [0.2, 0.25) is 0 Å². The van der Waals surface area contributed by atoms with Gasteiger partial charge in [-0.1, -0.05) is 24.3 Å². The smallest absolute Gasteiger partial charge is 0.142 e. The second-order valence-corrected chi connectivity index (χ2v) is 3.92. The first-order chi connectivity index (χ1) is 8.29. The Morgan fingerprint density at radius 3 is 2.65 bits per heavy atom. The summed E-state index contributed by atoms with van der Waals surface area (Å²) in [6, 6.07) is 16.3. The summed E-state index contributed by atoms with van der Waals surface area (Å²) in [5.41, 5.74) is 3.32. The average Bonchev–Trinajstić information content (AvgIpc) is 2.32. The Labute approximate surface area is 102 Å². The lowest BCUT2D eigenvalue weighted by Gasteiger charge is -2.12. The molecular formula is C15H17NO.